The molecule has 0 N–H and O–H groups in total. The van der Waals surface area contributed by atoms with Crippen molar-refractivity contribution in [1.82, 2.24) is 9.80 Å². The summed E-state index contributed by atoms with van der Waals surface area (Å²) in [6.45, 7) is 5.33. The van der Waals surface area contributed by atoms with E-state index in [1.54, 1.807) is 16.2 Å². The van der Waals surface area contributed by atoms with E-state index in [9.17, 15) is 14.0 Å². The van der Waals surface area contributed by atoms with Gasteiger partial charge in [-0.15, -0.1) is 11.3 Å². The number of benzene rings is 2. The second-order valence-electron chi connectivity index (χ2n) is 8.84. The molecule has 0 bridgehead atoms. The highest BCUT2D eigenvalue weighted by Gasteiger charge is 2.34. The van der Waals surface area contributed by atoms with Gasteiger partial charge in [0, 0.05) is 23.5 Å². The molecule has 0 radical (unpaired) electrons. The maximum Gasteiger partial charge on any atom is 0.254 e. The van der Waals surface area contributed by atoms with Gasteiger partial charge < -0.3 is 9.80 Å². The van der Waals surface area contributed by atoms with Crippen LogP contribution in [0.2, 0.25) is 0 Å². The van der Waals surface area contributed by atoms with Gasteiger partial charge in [0.2, 0.25) is 5.91 Å². The maximum atomic E-state index is 13.7. The lowest BCUT2D eigenvalue weighted by atomic mass is 9.90. The lowest BCUT2D eigenvalue weighted by Crippen LogP contribution is -2.47. The van der Waals surface area contributed by atoms with Crippen LogP contribution in [0.3, 0.4) is 0 Å². The minimum absolute atomic E-state index is 0.0157. The van der Waals surface area contributed by atoms with Gasteiger partial charge in [-0.3, -0.25) is 9.59 Å². The summed E-state index contributed by atoms with van der Waals surface area (Å²) in [5.74, 6) is -0.673. The molecule has 1 unspecified atom stereocenters. The van der Waals surface area contributed by atoms with Crippen LogP contribution in [-0.4, -0.2) is 41.2 Å². The van der Waals surface area contributed by atoms with Crippen LogP contribution >= 0.6 is 11.3 Å². The number of thiophene rings is 1. The highest BCUT2D eigenvalue weighted by molar-refractivity contribution is 7.10. The SMILES string of the molecule is CCCCCN(CC(=O)N1CCc2sccc2C1c1ccccc1C)C(=O)c1ccc(F)cc1. The molecule has 34 heavy (non-hydrogen) atoms. The minimum Gasteiger partial charge on any atom is -0.330 e. The van der Waals surface area contributed by atoms with Gasteiger partial charge in [-0.2, -0.15) is 0 Å². The molecule has 0 saturated heterocycles. The van der Waals surface area contributed by atoms with Crippen LogP contribution in [0.25, 0.3) is 0 Å². The molecule has 1 aliphatic rings. The van der Waals surface area contributed by atoms with Crippen molar-refractivity contribution in [2.24, 2.45) is 0 Å². The van der Waals surface area contributed by atoms with E-state index >= 15 is 0 Å². The Morgan fingerprint density at radius 2 is 1.82 bits per heavy atom. The van der Waals surface area contributed by atoms with Crippen LogP contribution in [0.5, 0.6) is 0 Å². The molecule has 1 atom stereocenters. The number of amides is 2. The van der Waals surface area contributed by atoms with Gasteiger partial charge in [0.25, 0.3) is 5.91 Å². The van der Waals surface area contributed by atoms with E-state index in [1.165, 1.54) is 34.7 Å². The highest BCUT2D eigenvalue weighted by Crippen LogP contribution is 2.39. The lowest BCUT2D eigenvalue weighted by Gasteiger charge is -2.38. The third-order valence-electron chi connectivity index (χ3n) is 6.51. The third-order valence-corrected chi connectivity index (χ3v) is 7.50. The quantitative estimate of drug-likeness (QED) is 0.373. The third kappa shape index (κ3) is 5.22. The second-order valence-corrected chi connectivity index (χ2v) is 9.84. The van der Waals surface area contributed by atoms with Gasteiger partial charge in [-0.25, -0.2) is 4.39 Å². The van der Waals surface area contributed by atoms with E-state index < -0.39 is 0 Å². The fraction of sp³-hybridized carbons (Fsp3) is 0.357. The molecule has 3 aromatic rings. The van der Waals surface area contributed by atoms with E-state index in [0.29, 0.717) is 18.7 Å². The van der Waals surface area contributed by atoms with Crippen molar-refractivity contribution in [2.75, 3.05) is 19.6 Å². The topological polar surface area (TPSA) is 40.6 Å². The Balaban J connectivity index is 1.61. The van der Waals surface area contributed by atoms with Crippen LogP contribution in [0, 0.1) is 12.7 Å². The molecular weight excluding hydrogens is 447 g/mol. The predicted molar refractivity (Wildman–Crippen MR) is 135 cm³/mol. The van der Waals surface area contributed by atoms with Crippen molar-refractivity contribution in [2.45, 2.75) is 45.6 Å². The van der Waals surface area contributed by atoms with Crippen molar-refractivity contribution >= 4 is 23.2 Å². The number of carbonyl (C=O) groups excluding carboxylic acids is 2. The van der Waals surface area contributed by atoms with E-state index in [1.807, 2.05) is 17.0 Å². The van der Waals surface area contributed by atoms with Crippen LogP contribution < -0.4 is 0 Å². The number of carbonyl (C=O) groups is 2. The van der Waals surface area contributed by atoms with Crippen LogP contribution in [0.1, 0.15) is 64.2 Å². The Bertz CT molecular complexity index is 1140. The molecule has 6 heteroatoms. The summed E-state index contributed by atoms with van der Waals surface area (Å²) < 4.78 is 13.4. The zero-order chi connectivity index (χ0) is 24.1. The number of unbranched alkanes of at least 4 members (excludes halogenated alkanes) is 2. The summed E-state index contributed by atoms with van der Waals surface area (Å²) in [4.78, 5) is 31.9. The zero-order valence-electron chi connectivity index (χ0n) is 19.8. The average molecular weight is 479 g/mol. The van der Waals surface area contributed by atoms with Crippen LogP contribution in [0.4, 0.5) is 4.39 Å². The number of rotatable bonds is 8. The number of hydrogen-bond acceptors (Lipinski definition) is 3. The van der Waals surface area contributed by atoms with Gasteiger partial charge in [-0.1, -0.05) is 44.0 Å². The number of nitrogens with zero attached hydrogens (tertiary/aromatic N) is 2. The first-order chi connectivity index (χ1) is 16.5. The monoisotopic (exact) mass is 478 g/mol. The lowest BCUT2D eigenvalue weighted by molar-refractivity contribution is -0.134. The fourth-order valence-corrected chi connectivity index (χ4v) is 5.55. The standard InChI is InChI=1S/C28H31FN2O2S/c1-3-4-7-16-30(28(33)21-10-12-22(29)13-11-21)19-26(32)31-17-14-25-24(15-18-34-25)27(31)23-9-6-5-8-20(23)2/h5-6,8-13,15,18,27H,3-4,7,14,16-17,19H2,1-2H3. The molecule has 0 fully saturated rings. The Hall–Kier alpha value is -2.99. The van der Waals surface area contributed by atoms with Crippen LogP contribution in [0.15, 0.2) is 60.0 Å². The number of aryl methyl sites for hydroxylation is 1. The van der Waals surface area contributed by atoms with Crippen molar-refractivity contribution in [3.8, 4) is 0 Å². The number of fused-ring (bicyclic) bond motifs is 1. The summed E-state index contributed by atoms with van der Waals surface area (Å²) in [6.07, 6.45) is 3.65. The van der Waals surface area contributed by atoms with E-state index in [4.69, 9.17) is 0 Å². The highest BCUT2D eigenvalue weighted by atomic mass is 32.1. The molecule has 0 spiro atoms. The smallest absolute Gasteiger partial charge is 0.254 e. The number of halogens is 1. The molecule has 2 aromatic carbocycles. The van der Waals surface area contributed by atoms with E-state index in [2.05, 4.69) is 37.4 Å². The summed E-state index contributed by atoms with van der Waals surface area (Å²) in [7, 11) is 0. The normalized spacial score (nSPS) is 15.1. The molecule has 2 heterocycles. The van der Waals surface area contributed by atoms with Crippen LogP contribution in [-0.2, 0) is 11.2 Å². The molecule has 4 rings (SSSR count). The Labute approximate surface area is 205 Å². The first-order valence-corrected chi connectivity index (χ1v) is 12.8. The van der Waals surface area contributed by atoms with Gasteiger partial charge >= 0.3 is 0 Å². The molecular formula is C28H31FN2O2S. The second kappa shape index (κ2) is 11.0. The summed E-state index contributed by atoms with van der Waals surface area (Å²) in [6, 6.07) is 15.7. The molecule has 2 amide bonds. The van der Waals surface area contributed by atoms with Gasteiger partial charge in [-0.05, 0) is 72.2 Å². The molecule has 178 valence electrons. The molecule has 1 aromatic heterocycles. The maximum absolute atomic E-state index is 13.7. The van der Waals surface area contributed by atoms with Crippen molar-refractivity contribution in [3.05, 3.63) is 92.9 Å². The molecule has 0 aliphatic carbocycles. The first-order valence-electron chi connectivity index (χ1n) is 12.0. The van der Waals surface area contributed by atoms with E-state index in [-0.39, 0.29) is 30.2 Å². The fourth-order valence-electron chi connectivity index (χ4n) is 4.65. The first kappa shape index (κ1) is 24.1. The van der Waals surface area contributed by atoms with Crippen molar-refractivity contribution in [1.29, 1.82) is 0 Å². The van der Waals surface area contributed by atoms with Crippen molar-refractivity contribution in [3.63, 3.8) is 0 Å². The van der Waals surface area contributed by atoms with Crippen molar-refractivity contribution < 1.29 is 14.0 Å². The minimum atomic E-state index is -0.383. The Morgan fingerprint density at radius 1 is 1.06 bits per heavy atom. The summed E-state index contributed by atoms with van der Waals surface area (Å²) in [5, 5.41) is 2.10. The number of hydrogen-bond donors (Lipinski definition) is 0. The van der Waals surface area contributed by atoms with E-state index in [0.717, 1.165) is 36.8 Å². The molecule has 1 aliphatic heterocycles. The molecule has 4 nitrogen and oxygen atoms in total. The summed E-state index contributed by atoms with van der Waals surface area (Å²) >= 11 is 1.74. The Kier molecular flexibility index (Phi) is 7.78. The van der Waals surface area contributed by atoms with Gasteiger partial charge in [0.1, 0.15) is 12.4 Å². The largest absolute Gasteiger partial charge is 0.330 e. The Morgan fingerprint density at radius 3 is 2.56 bits per heavy atom. The predicted octanol–water partition coefficient (Wildman–Crippen LogP) is 6.00. The van der Waals surface area contributed by atoms with Gasteiger partial charge in [0.15, 0.2) is 0 Å². The summed E-state index contributed by atoms with van der Waals surface area (Å²) in [5.41, 5.74) is 3.85. The zero-order valence-corrected chi connectivity index (χ0v) is 20.6. The molecule has 0 saturated carbocycles. The van der Waals surface area contributed by atoms with Gasteiger partial charge in [0.05, 0.1) is 6.04 Å². The average Bonchev–Trinajstić information content (AvgIpc) is 3.32.